The van der Waals surface area contributed by atoms with Crippen LogP contribution in [0.15, 0.2) is 70.7 Å². The van der Waals surface area contributed by atoms with E-state index in [0.717, 1.165) is 11.3 Å². The van der Waals surface area contributed by atoms with Crippen LogP contribution in [-0.4, -0.2) is 37.5 Å². The van der Waals surface area contributed by atoms with Crippen LogP contribution in [0.4, 0.5) is 0 Å². The molecule has 8 nitrogen and oxygen atoms in total. The van der Waals surface area contributed by atoms with Gasteiger partial charge in [0, 0.05) is 6.20 Å². The van der Waals surface area contributed by atoms with Gasteiger partial charge in [0.2, 0.25) is 0 Å². The summed E-state index contributed by atoms with van der Waals surface area (Å²) in [5.74, 6) is 1.33. The summed E-state index contributed by atoms with van der Waals surface area (Å²) in [5, 5.41) is 3.96. The van der Waals surface area contributed by atoms with Crippen LogP contribution < -0.4 is 25.2 Å². The number of benzene rings is 2. The average Bonchev–Trinajstić information content (AvgIpc) is 2.81. The quantitative estimate of drug-likeness (QED) is 0.412. The van der Waals surface area contributed by atoms with Crippen LogP contribution in [0.3, 0.4) is 0 Å². The lowest BCUT2D eigenvalue weighted by Crippen LogP contribution is -2.30. The summed E-state index contributed by atoms with van der Waals surface area (Å²) in [5.41, 5.74) is 3.61. The number of aromatic nitrogens is 1. The Balaban J connectivity index is 1.70. The van der Waals surface area contributed by atoms with Crippen molar-refractivity contribution in [1.29, 1.82) is 0 Å². The van der Waals surface area contributed by atoms with Gasteiger partial charge in [-0.3, -0.25) is 9.59 Å². The Labute approximate surface area is 186 Å². The van der Waals surface area contributed by atoms with E-state index in [1.807, 2.05) is 31.2 Å². The van der Waals surface area contributed by atoms with Crippen LogP contribution in [0, 0.1) is 0 Å². The summed E-state index contributed by atoms with van der Waals surface area (Å²) < 4.78 is 17.4. The zero-order valence-corrected chi connectivity index (χ0v) is 18.2. The number of ether oxygens (including phenoxy) is 3. The van der Waals surface area contributed by atoms with Gasteiger partial charge in [-0.25, -0.2) is 5.43 Å². The molecule has 0 atom stereocenters. The lowest BCUT2D eigenvalue weighted by molar-refractivity contribution is 0.0953. The fourth-order valence-electron chi connectivity index (χ4n) is 3.03. The summed E-state index contributed by atoms with van der Waals surface area (Å²) >= 11 is 0. The molecule has 0 bridgehead atoms. The van der Waals surface area contributed by atoms with E-state index in [1.165, 1.54) is 16.8 Å². The number of hydrogen-bond donors (Lipinski definition) is 1. The Morgan fingerprint density at radius 2 is 1.84 bits per heavy atom. The topological polar surface area (TPSA) is 91.1 Å². The summed E-state index contributed by atoms with van der Waals surface area (Å²) in [7, 11) is 3.14. The van der Waals surface area contributed by atoms with Crippen LogP contribution in [-0.2, 0) is 6.54 Å². The summed E-state index contributed by atoms with van der Waals surface area (Å²) in [6, 6.07) is 15.8. The van der Waals surface area contributed by atoms with Gasteiger partial charge in [-0.15, -0.1) is 0 Å². The van der Waals surface area contributed by atoms with Crippen molar-refractivity contribution in [2.24, 2.45) is 5.10 Å². The normalized spacial score (nSPS) is 10.7. The molecule has 0 aliphatic heterocycles. The molecule has 32 heavy (non-hydrogen) atoms. The number of amides is 1. The standard InChI is InChI=1S/C24H25N3O5/c1-4-32-21-12-9-18(14-22(21)31-3)15-25-26-23(28)20-6-5-13-27(24(20)29)16-17-7-10-19(30-2)11-8-17/h5-15H,4,16H2,1-3H3,(H,26,28)/b25-15-. The maximum Gasteiger partial charge on any atom is 0.276 e. The first kappa shape index (κ1) is 22.6. The van der Waals surface area contributed by atoms with E-state index < -0.39 is 11.5 Å². The molecular formula is C24H25N3O5. The highest BCUT2D eigenvalue weighted by atomic mass is 16.5. The van der Waals surface area contributed by atoms with Crippen LogP contribution in [0.5, 0.6) is 17.2 Å². The van der Waals surface area contributed by atoms with Crippen molar-refractivity contribution in [3.8, 4) is 17.2 Å². The second-order valence-corrected chi connectivity index (χ2v) is 6.75. The third-order valence-electron chi connectivity index (χ3n) is 4.64. The first-order chi connectivity index (χ1) is 15.5. The highest BCUT2D eigenvalue weighted by molar-refractivity contribution is 5.94. The Bertz CT molecular complexity index is 1150. The molecule has 0 aliphatic rings. The number of rotatable bonds is 9. The van der Waals surface area contributed by atoms with Crippen molar-refractivity contribution < 1.29 is 19.0 Å². The van der Waals surface area contributed by atoms with E-state index in [1.54, 1.807) is 44.7 Å². The molecule has 0 spiro atoms. The van der Waals surface area contributed by atoms with Crippen LogP contribution >= 0.6 is 0 Å². The smallest absolute Gasteiger partial charge is 0.276 e. The molecule has 0 unspecified atom stereocenters. The molecule has 1 heterocycles. The van der Waals surface area contributed by atoms with Crippen LogP contribution in [0.1, 0.15) is 28.4 Å². The number of hydrogen-bond acceptors (Lipinski definition) is 6. The molecular weight excluding hydrogens is 410 g/mol. The van der Waals surface area contributed by atoms with Gasteiger partial charge >= 0.3 is 0 Å². The van der Waals surface area contributed by atoms with Gasteiger partial charge in [-0.05, 0) is 60.5 Å². The number of nitrogens with one attached hydrogen (secondary N) is 1. The minimum absolute atomic E-state index is 0.00226. The SMILES string of the molecule is CCOc1ccc(/C=N\NC(=O)c2cccn(Cc3ccc(OC)cc3)c2=O)cc1OC. The molecule has 3 aromatic rings. The number of carbonyl (C=O) groups is 1. The second-order valence-electron chi connectivity index (χ2n) is 6.75. The van der Waals surface area contributed by atoms with Crippen molar-refractivity contribution in [2.45, 2.75) is 13.5 Å². The van der Waals surface area contributed by atoms with Crippen LogP contribution in [0.2, 0.25) is 0 Å². The largest absolute Gasteiger partial charge is 0.497 e. The van der Waals surface area contributed by atoms with E-state index in [-0.39, 0.29) is 5.56 Å². The Morgan fingerprint density at radius 1 is 1.06 bits per heavy atom. The fourth-order valence-corrected chi connectivity index (χ4v) is 3.03. The lowest BCUT2D eigenvalue weighted by Gasteiger charge is -2.09. The molecule has 0 saturated heterocycles. The van der Waals surface area contributed by atoms with Gasteiger partial charge < -0.3 is 18.8 Å². The first-order valence-electron chi connectivity index (χ1n) is 10.0. The summed E-state index contributed by atoms with van der Waals surface area (Å²) in [6.45, 7) is 2.74. The van der Waals surface area contributed by atoms with Gasteiger partial charge in [0.25, 0.3) is 11.5 Å². The molecule has 1 amide bonds. The monoisotopic (exact) mass is 435 g/mol. The molecule has 8 heteroatoms. The third-order valence-corrected chi connectivity index (χ3v) is 4.64. The number of methoxy groups -OCH3 is 2. The van der Waals surface area contributed by atoms with Crippen molar-refractivity contribution in [3.05, 3.63) is 87.8 Å². The molecule has 0 aliphatic carbocycles. The van der Waals surface area contributed by atoms with E-state index in [4.69, 9.17) is 14.2 Å². The maximum absolute atomic E-state index is 12.7. The van der Waals surface area contributed by atoms with Crippen molar-refractivity contribution in [2.75, 3.05) is 20.8 Å². The molecule has 2 aromatic carbocycles. The Kier molecular flexibility index (Phi) is 7.64. The van der Waals surface area contributed by atoms with Gasteiger partial charge in [-0.1, -0.05) is 12.1 Å². The Hall–Kier alpha value is -4.07. The number of carbonyl (C=O) groups excluding carboxylic acids is 1. The van der Waals surface area contributed by atoms with Crippen molar-refractivity contribution in [1.82, 2.24) is 9.99 Å². The molecule has 166 valence electrons. The third kappa shape index (κ3) is 5.54. The lowest BCUT2D eigenvalue weighted by atomic mass is 10.2. The summed E-state index contributed by atoms with van der Waals surface area (Å²) in [4.78, 5) is 25.3. The van der Waals surface area contributed by atoms with Crippen molar-refractivity contribution in [3.63, 3.8) is 0 Å². The van der Waals surface area contributed by atoms with Crippen LogP contribution in [0.25, 0.3) is 0 Å². The molecule has 1 N–H and O–H groups in total. The second kappa shape index (κ2) is 10.8. The predicted molar refractivity (Wildman–Crippen MR) is 122 cm³/mol. The number of pyridine rings is 1. The zero-order valence-electron chi connectivity index (χ0n) is 18.2. The van der Waals surface area contributed by atoms with Gasteiger partial charge in [0.05, 0.1) is 33.6 Å². The minimum Gasteiger partial charge on any atom is -0.497 e. The molecule has 3 rings (SSSR count). The number of nitrogens with zero attached hydrogens (tertiary/aromatic N) is 2. The van der Waals surface area contributed by atoms with Crippen molar-refractivity contribution >= 4 is 12.1 Å². The zero-order chi connectivity index (χ0) is 22.9. The highest BCUT2D eigenvalue weighted by Crippen LogP contribution is 2.27. The number of hydrazone groups is 1. The maximum atomic E-state index is 12.7. The molecule has 0 radical (unpaired) electrons. The predicted octanol–water partition coefficient (Wildman–Crippen LogP) is 3.08. The van der Waals surface area contributed by atoms with E-state index in [9.17, 15) is 9.59 Å². The van der Waals surface area contributed by atoms with E-state index >= 15 is 0 Å². The Morgan fingerprint density at radius 3 is 2.53 bits per heavy atom. The summed E-state index contributed by atoms with van der Waals surface area (Å²) in [6.07, 6.45) is 3.10. The fraction of sp³-hybridized carbons (Fsp3) is 0.208. The van der Waals surface area contributed by atoms with E-state index in [0.29, 0.717) is 30.2 Å². The molecule has 0 saturated carbocycles. The molecule has 1 aromatic heterocycles. The van der Waals surface area contributed by atoms with Gasteiger partial charge in [-0.2, -0.15) is 5.10 Å². The minimum atomic E-state index is -0.590. The highest BCUT2D eigenvalue weighted by Gasteiger charge is 2.12. The van der Waals surface area contributed by atoms with Gasteiger partial charge in [0.15, 0.2) is 11.5 Å². The molecule has 0 fully saturated rings. The van der Waals surface area contributed by atoms with E-state index in [2.05, 4.69) is 10.5 Å². The van der Waals surface area contributed by atoms with Gasteiger partial charge in [0.1, 0.15) is 11.3 Å². The first-order valence-corrected chi connectivity index (χ1v) is 10.0. The average molecular weight is 435 g/mol.